The predicted octanol–water partition coefficient (Wildman–Crippen LogP) is 3.86. The first-order valence-corrected chi connectivity index (χ1v) is 6.76. The molecular formula is C15H10F2OS. The van der Waals surface area contributed by atoms with Gasteiger partial charge in [0.1, 0.15) is 11.6 Å². The van der Waals surface area contributed by atoms with Crippen LogP contribution in [0, 0.1) is 11.6 Å². The second kappa shape index (κ2) is 4.78. The molecule has 0 radical (unpaired) electrons. The first-order valence-electron chi connectivity index (χ1n) is 5.88. The summed E-state index contributed by atoms with van der Waals surface area (Å²) in [6, 6.07) is 10.7. The average molecular weight is 276 g/mol. The molecule has 3 rings (SSSR count). The number of carbonyl (C=O) groups excluding carboxylic acids is 1. The van der Waals surface area contributed by atoms with Crippen molar-refractivity contribution in [2.24, 2.45) is 0 Å². The summed E-state index contributed by atoms with van der Waals surface area (Å²) < 4.78 is 26.3. The van der Waals surface area contributed by atoms with Gasteiger partial charge in [0.05, 0.1) is 5.25 Å². The third kappa shape index (κ3) is 2.40. The number of benzene rings is 2. The molecule has 1 aliphatic rings. The number of carbonyl (C=O) groups is 1. The van der Waals surface area contributed by atoms with Crippen molar-refractivity contribution in [2.45, 2.75) is 16.6 Å². The largest absolute Gasteiger partial charge is 0.293 e. The van der Waals surface area contributed by atoms with Gasteiger partial charge in [0.25, 0.3) is 0 Å². The van der Waals surface area contributed by atoms with Crippen molar-refractivity contribution in [3.63, 3.8) is 0 Å². The lowest BCUT2D eigenvalue weighted by atomic mass is 10.0. The highest BCUT2D eigenvalue weighted by molar-refractivity contribution is 8.01. The Balaban J connectivity index is 1.87. The maximum Gasteiger partial charge on any atom is 0.176 e. The monoisotopic (exact) mass is 276 g/mol. The molecule has 2 aromatic rings. The van der Waals surface area contributed by atoms with E-state index in [1.807, 2.05) is 24.3 Å². The van der Waals surface area contributed by atoms with Crippen molar-refractivity contribution in [3.05, 3.63) is 65.2 Å². The highest BCUT2D eigenvalue weighted by Gasteiger charge is 2.29. The number of ketones is 1. The fraction of sp³-hybridized carbons (Fsp3) is 0.133. The molecule has 2 aromatic carbocycles. The Labute approximate surface area is 113 Å². The molecule has 1 atom stereocenters. The lowest BCUT2D eigenvalue weighted by Crippen LogP contribution is -2.17. The molecular weight excluding hydrogens is 266 g/mol. The lowest BCUT2D eigenvalue weighted by molar-refractivity contribution is 0.0989. The molecule has 1 aliphatic heterocycles. The number of fused-ring (bicyclic) bond motifs is 1. The van der Waals surface area contributed by atoms with E-state index in [-0.39, 0.29) is 16.6 Å². The molecule has 0 saturated heterocycles. The number of Topliss-reactive ketones (excluding diaryl/α,β-unsaturated/α-hetero) is 1. The van der Waals surface area contributed by atoms with Crippen molar-refractivity contribution < 1.29 is 13.6 Å². The number of hydrogen-bond donors (Lipinski definition) is 0. The van der Waals surface area contributed by atoms with Gasteiger partial charge in [-0.15, -0.1) is 11.8 Å². The van der Waals surface area contributed by atoms with Crippen LogP contribution in [0.4, 0.5) is 8.78 Å². The van der Waals surface area contributed by atoms with Crippen LogP contribution in [0.15, 0.2) is 47.4 Å². The van der Waals surface area contributed by atoms with Crippen LogP contribution in [0.1, 0.15) is 15.9 Å². The SMILES string of the molecule is O=C(c1cc(F)cc(F)c1)C1Cc2ccccc2S1. The molecule has 1 nitrogen and oxygen atoms in total. The molecule has 0 spiro atoms. The second-order valence-electron chi connectivity index (χ2n) is 4.44. The molecule has 19 heavy (non-hydrogen) atoms. The molecule has 96 valence electrons. The van der Waals surface area contributed by atoms with Crippen molar-refractivity contribution in [2.75, 3.05) is 0 Å². The Morgan fingerprint density at radius 2 is 1.79 bits per heavy atom. The van der Waals surface area contributed by atoms with Gasteiger partial charge in [-0.05, 0) is 30.2 Å². The van der Waals surface area contributed by atoms with Crippen molar-refractivity contribution in [1.82, 2.24) is 0 Å². The number of hydrogen-bond acceptors (Lipinski definition) is 2. The van der Waals surface area contributed by atoms with E-state index in [1.54, 1.807) is 0 Å². The quantitative estimate of drug-likeness (QED) is 0.775. The summed E-state index contributed by atoms with van der Waals surface area (Å²) in [4.78, 5) is 13.3. The van der Waals surface area contributed by atoms with Gasteiger partial charge in [0.15, 0.2) is 5.78 Å². The summed E-state index contributed by atoms with van der Waals surface area (Å²) in [5.74, 6) is -1.66. The van der Waals surface area contributed by atoms with Gasteiger partial charge in [-0.25, -0.2) is 8.78 Å². The molecule has 0 aromatic heterocycles. The molecule has 0 fully saturated rings. The zero-order chi connectivity index (χ0) is 13.4. The van der Waals surface area contributed by atoms with Crippen LogP contribution >= 0.6 is 11.8 Å². The maximum absolute atomic E-state index is 13.1. The van der Waals surface area contributed by atoms with Gasteiger partial charge in [0.2, 0.25) is 0 Å². The van der Waals surface area contributed by atoms with E-state index in [0.29, 0.717) is 6.42 Å². The molecule has 0 saturated carbocycles. The fourth-order valence-corrected chi connectivity index (χ4v) is 3.48. The Hall–Kier alpha value is -1.68. The molecule has 0 aliphatic carbocycles. The zero-order valence-corrected chi connectivity index (χ0v) is 10.7. The number of rotatable bonds is 2. The fourth-order valence-electron chi connectivity index (χ4n) is 2.21. The molecule has 0 N–H and O–H groups in total. The molecule has 1 heterocycles. The summed E-state index contributed by atoms with van der Waals surface area (Å²) in [6.45, 7) is 0. The van der Waals surface area contributed by atoms with Gasteiger partial charge in [0, 0.05) is 16.5 Å². The lowest BCUT2D eigenvalue weighted by Gasteiger charge is -2.07. The summed E-state index contributed by atoms with van der Waals surface area (Å²) in [5, 5.41) is -0.293. The van der Waals surface area contributed by atoms with Gasteiger partial charge in [-0.1, -0.05) is 18.2 Å². The van der Waals surface area contributed by atoms with Gasteiger partial charge in [-0.2, -0.15) is 0 Å². The highest BCUT2D eigenvalue weighted by atomic mass is 32.2. The normalized spacial score (nSPS) is 17.3. The molecule has 1 unspecified atom stereocenters. The van der Waals surface area contributed by atoms with E-state index in [1.165, 1.54) is 11.8 Å². The number of halogens is 2. The Morgan fingerprint density at radius 3 is 2.47 bits per heavy atom. The van der Waals surface area contributed by atoms with Crippen LogP contribution in [0.3, 0.4) is 0 Å². The summed E-state index contributed by atoms with van der Waals surface area (Å²) >= 11 is 1.46. The van der Waals surface area contributed by atoms with E-state index < -0.39 is 11.6 Å². The van der Waals surface area contributed by atoms with Crippen molar-refractivity contribution in [3.8, 4) is 0 Å². The van der Waals surface area contributed by atoms with E-state index in [4.69, 9.17) is 0 Å². The highest BCUT2D eigenvalue weighted by Crippen LogP contribution is 2.38. The summed E-state index contributed by atoms with van der Waals surface area (Å²) in [7, 11) is 0. The zero-order valence-electron chi connectivity index (χ0n) is 9.90. The summed E-state index contributed by atoms with van der Waals surface area (Å²) in [6.07, 6.45) is 0.609. The third-order valence-electron chi connectivity index (χ3n) is 3.09. The van der Waals surface area contributed by atoms with Crippen molar-refractivity contribution >= 4 is 17.5 Å². The van der Waals surface area contributed by atoms with Crippen LogP contribution in [0.5, 0.6) is 0 Å². The van der Waals surface area contributed by atoms with Gasteiger partial charge >= 0.3 is 0 Å². The Morgan fingerprint density at radius 1 is 1.11 bits per heavy atom. The molecule has 0 bridgehead atoms. The van der Waals surface area contributed by atoms with Crippen LogP contribution in [-0.2, 0) is 6.42 Å². The van der Waals surface area contributed by atoms with E-state index in [2.05, 4.69) is 0 Å². The van der Waals surface area contributed by atoms with E-state index in [0.717, 1.165) is 28.7 Å². The first kappa shape index (κ1) is 12.4. The number of thioether (sulfide) groups is 1. The van der Waals surface area contributed by atoms with E-state index in [9.17, 15) is 13.6 Å². The minimum Gasteiger partial charge on any atom is -0.293 e. The minimum absolute atomic E-state index is 0.0998. The predicted molar refractivity (Wildman–Crippen MR) is 70.5 cm³/mol. The average Bonchev–Trinajstić information content (AvgIpc) is 2.80. The molecule has 4 heteroatoms. The first-order chi connectivity index (χ1) is 9.13. The van der Waals surface area contributed by atoms with Crippen LogP contribution in [-0.4, -0.2) is 11.0 Å². The second-order valence-corrected chi connectivity index (χ2v) is 5.69. The van der Waals surface area contributed by atoms with Crippen molar-refractivity contribution in [1.29, 1.82) is 0 Å². The maximum atomic E-state index is 13.1. The Kier molecular flexibility index (Phi) is 3.11. The van der Waals surface area contributed by atoms with Gasteiger partial charge < -0.3 is 0 Å². The summed E-state index contributed by atoms with van der Waals surface area (Å²) in [5.41, 5.74) is 1.21. The third-order valence-corrected chi connectivity index (χ3v) is 4.40. The topological polar surface area (TPSA) is 17.1 Å². The minimum atomic E-state index is -0.719. The van der Waals surface area contributed by atoms with E-state index >= 15 is 0 Å². The van der Waals surface area contributed by atoms with Crippen LogP contribution in [0.25, 0.3) is 0 Å². The van der Waals surface area contributed by atoms with Gasteiger partial charge in [-0.3, -0.25) is 4.79 Å². The standard InChI is InChI=1S/C15H10F2OS/c16-11-5-10(6-12(17)8-11)15(18)14-7-9-3-1-2-4-13(9)19-14/h1-6,8,14H,7H2. The smallest absolute Gasteiger partial charge is 0.176 e. The van der Waals surface area contributed by atoms with Crippen LogP contribution in [0.2, 0.25) is 0 Å². The molecule has 0 amide bonds. The van der Waals surface area contributed by atoms with Crippen LogP contribution < -0.4 is 0 Å². The Bertz CT molecular complexity index is 609.